The second-order valence-electron chi connectivity index (χ2n) is 3.75. The predicted molar refractivity (Wildman–Crippen MR) is 66.6 cm³/mol. The maximum atomic E-state index is 5.82. The molecular formula is C10H17N7O. The smallest absolute Gasteiger partial charge is 0.161 e. The first-order valence-corrected chi connectivity index (χ1v) is 5.57. The van der Waals surface area contributed by atoms with Crippen LogP contribution < -0.4 is 21.7 Å². The number of nitrogen functional groups attached to an aromatic ring is 1. The lowest BCUT2D eigenvalue weighted by atomic mass is 10.1. The van der Waals surface area contributed by atoms with Crippen LogP contribution in [0, 0.1) is 0 Å². The zero-order valence-corrected chi connectivity index (χ0v) is 10.3. The van der Waals surface area contributed by atoms with E-state index in [9.17, 15) is 0 Å². The van der Waals surface area contributed by atoms with Crippen LogP contribution in [0.2, 0.25) is 0 Å². The lowest BCUT2D eigenvalue weighted by Gasteiger charge is -2.17. The molecule has 0 bridgehead atoms. The number of aromatic nitrogens is 4. The summed E-state index contributed by atoms with van der Waals surface area (Å²) in [6.07, 6.45) is 3.28. The second-order valence-corrected chi connectivity index (χ2v) is 3.75. The quantitative estimate of drug-likeness (QED) is 0.430. The van der Waals surface area contributed by atoms with Gasteiger partial charge in [0.25, 0.3) is 0 Å². The van der Waals surface area contributed by atoms with E-state index in [1.165, 1.54) is 0 Å². The fourth-order valence-electron chi connectivity index (χ4n) is 1.93. The number of hydrazine groups is 1. The molecule has 0 amide bonds. The van der Waals surface area contributed by atoms with Crippen LogP contribution >= 0.6 is 0 Å². The minimum Gasteiger partial charge on any atom is -0.493 e. The minimum absolute atomic E-state index is 0.332. The number of anilines is 1. The lowest BCUT2D eigenvalue weighted by Crippen LogP contribution is -2.31. The largest absolute Gasteiger partial charge is 0.493 e. The van der Waals surface area contributed by atoms with Gasteiger partial charge in [-0.15, -0.1) is 0 Å². The number of hydrogen-bond acceptors (Lipinski definition) is 6. The Hall–Kier alpha value is -2.06. The summed E-state index contributed by atoms with van der Waals surface area (Å²) in [6.45, 7) is 2.69. The van der Waals surface area contributed by atoms with Crippen molar-refractivity contribution in [3.63, 3.8) is 0 Å². The van der Waals surface area contributed by atoms with Gasteiger partial charge in [0.2, 0.25) is 0 Å². The number of nitrogens with two attached hydrogens (primary N) is 2. The summed E-state index contributed by atoms with van der Waals surface area (Å²) >= 11 is 0. The summed E-state index contributed by atoms with van der Waals surface area (Å²) in [5, 5.41) is 10.8. The van der Waals surface area contributed by atoms with Gasteiger partial charge in [0.05, 0.1) is 25.5 Å². The number of nitrogens with one attached hydrogen (secondary N) is 2. The van der Waals surface area contributed by atoms with E-state index >= 15 is 0 Å². The number of aromatic amines is 1. The van der Waals surface area contributed by atoms with Crippen LogP contribution in [0.15, 0.2) is 12.4 Å². The van der Waals surface area contributed by atoms with Crippen molar-refractivity contribution in [2.75, 3.05) is 12.8 Å². The molecule has 6 N–H and O–H groups in total. The molecule has 2 rings (SSSR count). The van der Waals surface area contributed by atoms with Crippen molar-refractivity contribution >= 4 is 5.82 Å². The highest BCUT2D eigenvalue weighted by molar-refractivity contribution is 5.45. The Balaban J connectivity index is 2.50. The van der Waals surface area contributed by atoms with Crippen LogP contribution in [0.4, 0.5) is 5.82 Å². The predicted octanol–water partition coefficient (Wildman–Crippen LogP) is -0.230. The average Bonchev–Trinajstić information content (AvgIpc) is 2.98. The highest BCUT2D eigenvalue weighted by Crippen LogP contribution is 2.31. The molecule has 0 aliphatic heterocycles. The third kappa shape index (κ3) is 1.91. The molecule has 0 aromatic carbocycles. The maximum absolute atomic E-state index is 5.82. The van der Waals surface area contributed by atoms with Gasteiger partial charge >= 0.3 is 0 Å². The van der Waals surface area contributed by atoms with Gasteiger partial charge in [0, 0.05) is 12.1 Å². The molecule has 2 heterocycles. The zero-order chi connectivity index (χ0) is 13.1. The van der Waals surface area contributed by atoms with Crippen molar-refractivity contribution in [3.8, 4) is 5.75 Å². The van der Waals surface area contributed by atoms with Gasteiger partial charge in [-0.1, -0.05) is 0 Å². The number of aryl methyl sites for hydroxylation is 1. The minimum atomic E-state index is -0.332. The third-order valence-corrected chi connectivity index (χ3v) is 2.82. The molecular weight excluding hydrogens is 234 g/mol. The number of rotatable bonds is 5. The summed E-state index contributed by atoms with van der Waals surface area (Å²) in [6, 6.07) is -0.332. The van der Waals surface area contributed by atoms with Gasteiger partial charge < -0.3 is 10.5 Å². The molecule has 18 heavy (non-hydrogen) atoms. The molecule has 1 unspecified atom stereocenters. The SMILES string of the molecule is CCn1ncc(OC)c1C(NN)c1cn[nH]c1N. The van der Waals surface area contributed by atoms with Crippen LogP contribution in [0.25, 0.3) is 0 Å². The number of H-pyrrole nitrogens is 1. The van der Waals surface area contributed by atoms with E-state index in [2.05, 4.69) is 20.7 Å². The second kappa shape index (κ2) is 5.07. The van der Waals surface area contributed by atoms with Crippen LogP contribution in [0.5, 0.6) is 5.75 Å². The summed E-state index contributed by atoms with van der Waals surface area (Å²) < 4.78 is 7.10. The first kappa shape index (κ1) is 12.4. The molecule has 0 saturated carbocycles. The van der Waals surface area contributed by atoms with Crippen molar-refractivity contribution in [1.29, 1.82) is 0 Å². The van der Waals surface area contributed by atoms with Crippen molar-refractivity contribution in [2.45, 2.75) is 19.5 Å². The molecule has 0 aliphatic carbocycles. The maximum Gasteiger partial charge on any atom is 0.161 e. The molecule has 2 aromatic heterocycles. The Kier molecular flexibility index (Phi) is 3.49. The van der Waals surface area contributed by atoms with E-state index in [-0.39, 0.29) is 6.04 Å². The fraction of sp³-hybridized carbons (Fsp3) is 0.400. The van der Waals surface area contributed by atoms with Gasteiger partial charge in [-0.2, -0.15) is 10.2 Å². The number of hydrogen-bond donors (Lipinski definition) is 4. The summed E-state index contributed by atoms with van der Waals surface area (Å²) in [5.74, 6) is 6.74. The van der Waals surface area contributed by atoms with E-state index in [1.807, 2.05) is 6.92 Å². The Morgan fingerprint density at radius 1 is 1.56 bits per heavy atom. The number of nitrogens with zero attached hydrogens (tertiary/aromatic N) is 3. The molecule has 0 spiro atoms. The summed E-state index contributed by atoms with van der Waals surface area (Å²) in [5.41, 5.74) is 10.1. The van der Waals surface area contributed by atoms with Crippen molar-refractivity contribution in [1.82, 2.24) is 25.4 Å². The van der Waals surface area contributed by atoms with Crippen molar-refractivity contribution in [3.05, 3.63) is 23.7 Å². The normalized spacial score (nSPS) is 12.6. The summed E-state index contributed by atoms with van der Waals surface area (Å²) in [7, 11) is 1.59. The Morgan fingerprint density at radius 3 is 2.83 bits per heavy atom. The molecule has 8 heteroatoms. The van der Waals surface area contributed by atoms with Gasteiger partial charge in [-0.05, 0) is 6.92 Å². The first-order valence-electron chi connectivity index (χ1n) is 5.57. The summed E-state index contributed by atoms with van der Waals surface area (Å²) in [4.78, 5) is 0. The van der Waals surface area contributed by atoms with Gasteiger partial charge in [0.1, 0.15) is 11.5 Å². The Bertz CT molecular complexity index is 497. The van der Waals surface area contributed by atoms with Crippen LogP contribution in [-0.2, 0) is 6.54 Å². The molecule has 0 aliphatic rings. The van der Waals surface area contributed by atoms with Crippen molar-refractivity contribution < 1.29 is 4.74 Å². The van der Waals surface area contributed by atoms with Gasteiger partial charge in [-0.25, -0.2) is 5.43 Å². The van der Waals surface area contributed by atoms with Crippen molar-refractivity contribution in [2.24, 2.45) is 5.84 Å². The van der Waals surface area contributed by atoms with Gasteiger partial charge in [0.15, 0.2) is 5.75 Å². The molecule has 0 radical (unpaired) electrons. The molecule has 0 fully saturated rings. The van der Waals surface area contributed by atoms with E-state index in [4.69, 9.17) is 16.3 Å². The third-order valence-electron chi connectivity index (χ3n) is 2.82. The van der Waals surface area contributed by atoms with Gasteiger partial charge in [-0.3, -0.25) is 15.6 Å². The Labute approximate surface area is 104 Å². The Morgan fingerprint density at radius 2 is 2.33 bits per heavy atom. The first-order chi connectivity index (χ1) is 8.72. The highest BCUT2D eigenvalue weighted by Gasteiger charge is 2.24. The molecule has 2 aromatic rings. The number of methoxy groups -OCH3 is 1. The molecule has 8 nitrogen and oxygen atoms in total. The highest BCUT2D eigenvalue weighted by atomic mass is 16.5. The molecule has 1 atom stereocenters. The van der Waals surface area contributed by atoms with Crippen LogP contribution in [0.1, 0.15) is 24.2 Å². The van der Waals surface area contributed by atoms with E-state index in [0.717, 1.165) is 11.3 Å². The van der Waals surface area contributed by atoms with E-state index < -0.39 is 0 Å². The lowest BCUT2D eigenvalue weighted by molar-refractivity contribution is 0.399. The molecule has 98 valence electrons. The van der Waals surface area contributed by atoms with E-state index in [1.54, 1.807) is 24.2 Å². The standard InChI is InChI=1S/C10H17N7O/c1-3-17-9(7(18-2)5-14-17)8(15-12)6-4-13-16-10(6)11/h4-5,8,15H,3,12H2,1-2H3,(H3,11,13,16). The van der Waals surface area contributed by atoms with E-state index in [0.29, 0.717) is 18.1 Å². The monoisotopic (exact) mass is 251 g/mol. The number of ether oxygens (including phenoxy) is 1. The van der Waals surface area contributed by atoms with Crippen LogP contribution in [-0.4, -0.2) is 27.1 Å². The zero-order valence-electron chi connectivity index (χ0n) is 10.3. The molecule has 0 saturated heterocycles. The topological polar surface area (TPSA) is 120 Å². The fourth-order valence-corrected chi connectivity index (χ4v) is 1.93. The average molecular weight is 251 g/mol. The van der Waals surface area contributed by atoms with Crippen LogP contribution in [0.3, 0.4) is 0 Å².